The van der Waals surface area contributed by atoms with Gasteiger partial charge in [-0.05, 0) is 24.8 Å². The standard InChI is InChI=1S/C15H20F3NO/c1-9-2-4-15(8-19,5-3-9)14(20)10-6-12(17)13(18)7-11(10)16/h6-7,9,14,20H,2-5,8,19H2,1H3. The van der Waals surface area contributed by atoms with Crippen LogP contribution >= 0.6 is 0 Å². The Labute approximate surface area is 116 Å². The second kappa shape index (κ2) is 5.74. The molecule has 1 aliphatic rings. The molecule has 0 radical (unpaired) electrons. The van der Waals surface area contributed by atoms with E-state index >= 15 is 0 Å². The van der Waals surface area contributed by atoms with E-state index in [2.05, 4.69) is 6.92 Å². The molecule has 0 heterocycles. The Balaban J connectivity index is 2.33. The third kappa shape index (κ3) is 2.69. The smallest absolute Gasteiger partial charge is 0.161 e. The largest absolute Gasteiger partial charge is 0.388 e. The van der Waals surface area contributed by atoms with Crippen LogP contribution in [0.15, 0.2) is 12.1 Å². The molecule has 0 aliphatic heterocycles. The summed E-state index contributed by atoms with van der Waals surface area (Å²) in [7, 11) is 0. The number of aliphatic hydroxyl groups is 1. The summed E-state index contributed by atoms with van der Waals surface area (Å²) < 4.78 is 40.1. The third-order valence-corrected chi connectivity index (χ3v) is 4.59. The van der Waals surface area contributed by atoms with E-state index in [4.69, 9.17) is 5.73 Å². The van der Waals surface area contributed by atoms with Crippen molar-refractivity contribution < 1.29 is 18.3 Å². The lowest BCUT2D eigenvalue weighted by atomic mass is 9.66. The zero-order chi connectivity index (χ0) is 14.9. The maximum atomic E-state index is 13.8. The summed E-state index contributed by atoms with van der Waals surface area (Å²) in [6.07, 6.45) is 1.88. The van der Waals surface area contributed by atoms with Crippen molar-refractivity contribution in [2.24, 2.45) is 17.1 Å². The van der Waals surface area contributed by atoms with Crippen LogP contribution in [0.4, 0.5) is 13.2 Å². The van der Waals surface area contributed by atoms with Gasteiger partial charge in [-0.3, -0.25) is 0 Å². The Hall–Kier alpha value is -1.07. The molecular formula is C15H20F3NO. The van der Waals surface area contributed by atoms with Gasteiger partial charge in [-0.25, -0.2) is 13.2 Å². The minimum Gasteiger partial charge on any atom is -0.388 e. The molecule has 0 aromatic heterocycles. The molecule has 1 saturated carbocycles. The van der Waals surface area contributed by atoms with E-state index in [1.54, 1.807) is 0 Å². The van der Waals surface area contributed by atoms with Crippen LogP contribution in [0, 0.1) is 28.8 Å². The topological polar surface area (TPSA) is 46.2 Å². The highest BCUT2D eigenvalue weighted by Crippen LogP contribution is 2.47. The molecule has 1 fully saturated rings. The van der Waals surface area contributed by atoms with Crippen LogP contribution in [0.3, 0.4) is 0 Å². The Kier molecular flexibility index (Phi) is 4.39. The molecule has 2 nitrogen and oxygen atoms in total. The summed E-state index contributed by atoms with van der Waals surface area (Å²) in [6, 6.07) is 1.22. The highest BCUT2D eigenvalue weighted by molar-refractivity contribution is 5.24. The van der Waals surface area contributed by atoms with Gasteiger partial charge in [0, 0.05) is 23.6 Å². The Morgan fingerprint density at radius 3 is 2.30 bits per heavy atom. The van der Waals surface area contributed by atoms with Crippen molar-refractivity contribution in [3.63, 3.8) is 0 Å². The zero-order valence-corrected chi connectivity index (χ0v) is 11.5. The third-order valence-electron chi connectivity index (χ3n) is 4.59. The van der Waals surface area contributed by atoms with Crippen molar-refractivity contribution in [1.82, 2.24) is 0 Å². The quantitative estimate of drug-likeness (QED) is 0.838. The fourth-order valence-electron chi connectivity index (χ4n) is 3.00. The van der Waals surface area contributed by atoms with Crippen LogP contribution in [0.5, 0.6) is 0 Å². The molecule has 0 bridgehead atoms. The Bertz CT molecular complexity index is 484. The van der Waals surface area contributed by atoms with E-state index in [1.807, 2.05) is 0 Å². The van der Waals surface area contributed by atoms with Gasteiger partial charge in [-0.2, -0.15) is 0 Å². The van der Waals surface area contributed by atoms with Gasteiger partial charge in [0.25, 0.3) is 0 Å². The average molecular weight is 287 g/mol. The van der Waals surface area contributed by atoms with Crippen molar-refractivity contribution in [3.8, 4) is 0 Å². The van der Waals surface area contributed by atoms with Gasteiger partial charge >= 0.3 is 0 Å². The first-order valence-electron chi connectivity index (χ1n) is 6.92. The highest BCUT2D eigenvalue weighted by atomic mass is 19.2. The molecule has 20 heavy (non-hydrogen) atoms. The van der Waals surface area contributed by atoms with Crippen molar-refractivity contribution in [2.45, 2.75) is 38.7 Å². The molecule has 2 rings (SSSR count). The summed E-state index contributed by atoms with van der Waals surface area (Å²) in [5.41, 5.74) is 4.93. The number of hydrogen-bond acceptors (Lipinski definition) is 2. The lowest BCUT2D eigenvalue weighted by Gasteiger charge is -2.42. The predicted molar refractivity (Wildman–Crippen MR) is 70.4 cm³/mol. The molecular weight excluding hydrogens is 267 g/mol. The van der Waals surface area contributed by atoms with Gasteiger partial charge in [0.2, 0.25) is 0 Å². The van der Waals surface area contributed by atoms with E-state index in [0.717, 1.165) is 18.9 Å². The van der Waals surface area contributed by atoms with Crippen molar-refractivity contribution in [3.05, 3.63) is 35.1 Å². The summed E-state index contributed by atoms with van der Waals surface area (Å²) in [5.74, 6) is -2.80. The van der Waals surface area contributed by atoms with Crippen LogP contribution in [-0.4, -0.2) is 11.7 Å². The van der Waals surface area contributed by atoms with Gasteiger partial charge in [0.1, 0.15) is 5.82 Å². The molecule has 0 spiro atoms. The summed E-state index contributed by atoms with van der Waals surface area (Å²) in [4.78, 5) is 0. The first kappa shape index (κ1) is 15.3. The number of aliphatic hydroxyl groups excluding tert-OH is 1. The van der Waals surface area contributed by atoms with Gasteiger partial charge in [0.15, 0.2) is 11.6 Å². The SMILES string of the molecule is CC1CCC(CN)(C(O)c2cc(F)c(F)cc2F)CC1. The summed E-state index contributed by atoms with van der Waals surface area (Å²) in [5, 5.41) is 10.5. The van der Waals surface area contributed by atoms with Gasteiger partial charge in [0.05, 0.1) is 6.10 Å². The van der Waals surface area contributed by atoms with Crippen LogP contribution in [0.1, 0.15) is 44.3 Å². The zero-order valence-electron chi connectivity index (χ0n) is 11.5. The minimum absolute atomic E-state index is 0.194. The molecule has 3 N–H and O–H groups in total. The fraction of sp³-hybridized carbons (Fsp3) is 0.600. The summed E-state index contributed by atoms with van der Waals surface area (Å²) >= 11 is 0. The van der Waals surface area contributed by atoms with E-state index in [1.165, 1.54) is 0 Å². The number of rotatable bonds is 3. The number of halogens is 3. The second-order valence-electron chi connectivity index (χ2n) is 5.94. The highest BCUT2D eigenvalue weighted by Gasteiger charge is 2.41. The molecule has 112 valence electrons. The second-order valence-corrected chi connectivity index (χ2v) is 5.94. The molecule has 5 heteroatoms. The molecule has 1 aliphatic carbocycles. The van der Waals surface area contributed by atoms with Crippen LogP contribution in [-0.2, 0) is 0 Å². The monoisotopic (exact) mass is 287 g/mol. The Morgan fingerprint density at radius 2 is 1.75 bits per heavy atom. The lowest BCUT2D eigenvalue weighted by Crippen LogP contribution is -2.40. The molecule has 1 aromatic rings. The van der Waals surface area contributed by atoms with Crippen molar-refractivity contribution in [2.75, 3.05) is 6.54 Å². The normalized spacial score (nSPS) is 28.4. The van der Waals surface area contributed by atoms with E-state index in [0.29, 0.717) is 24.8 Å². The minimum atomic E-state index is -1.25. The maximum absolute atomic E-state index is 13.8. The average Bonchev–Trinajstić information content (AvgIpc) is 2.43. The predicted octanol–water partition coefficient (Wildman–Crippen LogP) is 3.29. The van der Waals surface area contributed by atoms with Gasteiger partial charge < -0.3 is 10.8 Å². The number of hydrogen-bond donors (Lipinski definition) is 2. The van der Waals surface area contributed by atoms with Gasteiger partial charge in [-0.15, -0.1) is 0 Å². The first-order valence-corrected chi connectivity index (χ1v) is 6.92. The van der Waals surface area contributed by atoms with Crippen LogP contribution in [0.25, 0.3) is 0 Å². The number of nitrogens with two attached hydrogens (primary N) is 1. The summed E-state index contributed by atoms with van der Waals surface area (Å²) in [6.45, 7) is 2.31. The molecule has 1 unspecified atom stereocenters. The van der Waals surface area contributed by atoms with Gasteiger partial charge in [-0.1, -0.05) is 19.8 Å². The molecule has 0 amide bonds. The first-order chi connectivity index (χ1) is 9.39. The van der Waals surface area contributed by atoms with Crippen LogP contribution in [0.2, 0.25) is 0 Å². The molecule has 0 saturated heterocycles. The fourth-order valence-corrected chi connectivity index (χ4v) is 3.00. The Morgan fingerprint density at radius 1 is 1.20 bits per heavy atom. The van der Waals surface area contributed by atoms with E-state index in [9.17, 15) is 18.3 Å². The van der Waals surface area contributed by atoms with Crippen LogP contribution < -0.4 is 5.73 Å². The van der Waals surface area contributed by atoms with Crippen molar-refractivity contribution in [1.29, 1.82) is 0 Å². The molecule has 1 atom stereocenters. The maximum Gasteiger partial charge on any atom is 0.161 e. The van der Waals surface area contributed by atoms with E-state index < -0.39 is 29.0 Å². The number of benzene rings is 1. The van der Waals surface area contributed by atoms with E-state index in [-0.39, 0.29) is 12.1 Å². The lowest BCUT2D eigenvalue weighted by molar-refractivity contribution is -0.0105. The molecule has 1 aromatic carbocycles. The van der Waals surface area contributed by atoms with Crippen molar-refractivity contribution >= 4 is 0 Å².